The summed E-state index contributed by atoms with van der Waals surface area (Å²) in [6.45, 7) is 2.42. The van der Waals surface area contributed by atoms with Gasteiger partial charge in [0.2, 0.25) is 0 Å². The lowest BCUT2D eigenvalue weighted by Gasteiger charge is -2.13. The third-order valence-corrected chi connectivity index (χ3v) is 2.77. The second kappa shape index (κ2) is 6.61. The Hall–Kier alpha value is -2.49. The van der Waals surface area contributed by atoms with Crippen LogP contribution in [0.3, 0.4) is 0 Å². The highest BCUT2D eigenvalue weighted by Gasteiger charge is 2.16. The van der Waals surface area contributed by atoms with Gasteiger partial charge in [-0.1, -0.05) is 36.4 Å². The van der Waals surface area contributed by atoms with Crippen molar-refractivity contribution >= 4 is 11.7 Å². The number of anilines is 1. The molecule has 0 unspecified atom stereocenters. The number of hydrogen-bond acceptors (Lipinski definition) is 4. The number of nitrogens with two attached hydrogens (primary N) is 1. The van der Waals surface area contributed by atoms with Gasteiger partial charge in [0.1, 0.15) is 12.2 Å². The first-order chi connectivity index (χ1) is 9.72. The number of esters is 1. The SMILES string of the molecule is CCOC(=O)c1cccc(N)c1OCc1ccccc1. The van der Waals surface area contributed by atoms with Crippen molar-refractivity contribution in [1.29, 1.82) is 0 Å². The molecule has 20 heavy (non-hydrogen) atoms. The van der Waals surface area contributed by atoms with Crippen molar-refractivity contribution in [2.24, 2.45) is 0 Å². The lowest BCUT2D eigenvalue weighted by atomic mass is 10.1. The fourth-order valence-corrected chi connectivity index (χ4v) is 1.82. The van der Waals surface area contributed by atoms with Crippen molar-refractivity contribution in [1.82, 2.24) is 0 Å². The Kier molecular flexibility index (Phi) is 4.60. The molecule has 0 atom stereocenters. The summed E-state index contributed by atoms with van der Waals surface area (Å²) in [5.74, 6) is -0.0577. The number of nitrogen functional groups attached to an aromatic ring is 1. The fourth-order valence-electron chi connectivity index (χ4n) is 1.82. The Morgan fingerprint density at radius 3 is 2.55 bits per heavy atom. The third-order valence-electron chi connectivity index (χ3n) is 2.77. The summed E-state index contributed by atoms with van der Waals surface area (Å²) in [5, 5.41) is 0. The number of para-hydroxylation sites is 1. The molecule has 0 aromatic heterocycles. The molecule has 2 rings (SSSR count). The van der Waals surface area contributed by atoms with Gasteiger partial charge in [0.15, 0.2) is 5.75 Å². The smallest absolute Gasteiger partial charge is 0.341 e. The average molecular weight is 271 g/mol. The van der Waals surface area contributed by atoms with Crippen LogP contribution in [0.1, 0.15) is 22.8 Å². The molecule has 0 aliphatic carbocycles. The van der Waals surface area contributed by atoms with E-state index in [-0.39, 0.29) is 0 Å². The Morgan fingerprint density at radius 2 is 1.85 bits per heavy atom. The van der Waals surface area contributed by atoms with E-state index in [1.807, 2.05) is 30.3 Å². The van der Waals surface area contributed by atoms with Crippen molar-refractivity contribution in [3.05, 3.63) is 59.7 Å². The number of carbonyl (C=O) groups is 1. The quantitative estimate of drug-likeness (QED) is 0.670. The van der Waals surface area contributed by atoms with Crippen LogP contribution in [-0.2, 0) is 11.3 Å². The van der Waals surface area contributed by atoms with E-state index in [4.69, 9.17) is 15.2 Å². The highest BCUT2D eigenvalue weighted by atomic mass is 16.5. The van der Waals surface area contributed by atoms with Crippen molar-refractivity contribution < 1.29 is 14.3 Å². The van der Waals surface area contributed by atoms with Crippen LogP contribution in [0, 0.1) is 0 Å². The molecule has 2 aromatic carbocycles. The number of ether oxygens (including phenoxy) is 2. The zero-order valence-corrected chi connectivity index (χ0v) is 11.3. The Labute approximate surface area is 118 Å². The van der Waals surface area contributed by atoms with E-state index in [1.54, 1.807) is 25.1 Å². The minimum Gasteiger partial charge on any atom is -0.486 e. The molecule has 0 saturated heterocycles. The second-order valence-electron chi connectivity index (χ2n) is 4.22. The molecule has 0 saturated carbocycles. The molecule has 0 radical (unpaired) electrons. The van der Waals surface area contributed by atoms with Gasteiger partial charge in [0.25, 0.3) is 0 Å². The van der Waals surface area contributed by atoms with Crippen LogP contribution in [0.15, 0.2) is 48.5 Å². The van der Waals surface area contributed by atoms with E-state index >= 15 is 0 Å². The summed E-state index contributed by atoms with van der Waals surface area (Å²) in [6.07, 6.45) is 0. The average Bonchev–Trinajstić information content (AvgIpc) is 2.47. The summed E-state index contributed by atoms with van der Waals surface area (Å²) in [6, 6.07) is 14.7. The van der Waals surface area contributed by atoms with E-state index in [9.17, 15) is 4.79 Å². The largest absolute Gasteiger partial charge is 0.486 e. The summed E-state index contributed by atoms with van der Waals surface area (Å²) < 4.78 is 10.7. The molecule has 0 bridgehead atoms. The monoisotopic (exact) mass is 271 g/mol. The number of benzene rings is 2. The Bertz CT molecular complexity index is 582. The van der Waals surface area contributed by atoms with E-state index in [2.05, 4.69) is 0 Å². The van der Waals surface area contributed by atoms with Crippen LogP contribution < -0.4 is 10.5 Å². The molecule has 0 aliphatic rings. The maximum atomic E-state index is 11.9. The zero-order valence-electron chi connectivity index (χ0n) is 11.3. The van der Waals surface area contributed by atoms with Gasteiger partial charge in [-0.15, -0.1) is 0 Å². The molecule has 0 heterocycles. The first kappa shape index (κ1) is 13.9. The van der Waals surface area contributed by atoms with Crippen molar-refractivity contribution in [3.63, 3.8) is 0 Å². The predicted molar refractivity (Wildman–Crippen MR) is 77.6 cm³/mol. The van der Waals surface area contributed by atoms with E-state index in [0.717, 1.165) is 5.56 Å². The van der Waals surface area contributed by atoms with Gasteiger partial charge < -0.3 is 15.2 Å². The molecular formula is C16H17NO3. The van der Waals surface area contributed by atoms with Gasteiger partial charge in [-0.2, -0.15) is 0 Å². The molecule has 0 aliphatic heterocycles. The molecule has 0 fully saturated rings. The first-order valence-electron chi connectivity index (χ1n) is 6.44. The van der Waals surface area contributed by atoms with Crippen LogP contribution in [0.4, 0.5) is 5.69 Å². The summed E-state index contributed by atoms with van der Waals surface area (Å²) in [5.41, 5.74) is 7.66. The van der Waals surface area contributed by atoms with Gasteiger partial charge in [0, 0.05) is 0 Å². The molecule has 0 amide bonds. The zero-order chi connectivity index (χ0) is 14.4. The first-order valence-corrected chi connectivity index (χ1v) is 6.44. The molecule has 104 valence electrons. The van der Waals surface area contributed by atoms with Crippen LogP contribution in [0.2, 0.25) is 0 Å². The van der Waals surface area contributed by atoms with Crippen molar-refractivity contribution in [2.45, 2.75) is 13.5 Å². The summed E-state index contributed by atoms with van der Waals surface area (Å²) >= 11 is 0. The highest BCUT2D eigenvalue weighted by molar-refractivity contribution is 5.94. The van der Waals surface area contributed by atoms with Crippen LogP contribution >= 0.6 is 0 Å². The van der Waals surface area contributed by atoms with Gasteiger partial charge in [-0.3, -0.25) is 0 Å². The molecule has 4 nitrogen and oxygen atoms in total. The lowest BCUT2D eigenvalue weighted by molar-refractivity contribution is 0.0521. The number of carbonyl (C=O) groups excluding carboxylic acids is 1. The highest BCUT2D eigenvalue weighted by Crippen LogP contribution is 2.28. The van der Waals surface area contributed by atoms with Crippen molar-refractivity contribution in [2.75, 3.05) is 12.3 Å². The maximum Gasteiger partial charge on any atom is 0.341 e. The van der Waals surface area contributed by atoms with Crippen LogP contribution in [0.5, 0.6) is 5.75 Å². The normalized spacial score (nSPS) is 10.1. The van der Waals surface area contributed by atoms with E-state index in [1.165, 1.54) is 0 Å². The maximum absolute atomic E-state index is 11.9. The lowest BCUT2D eigenvalue weighted by Crippen LogP contribution is -2.09. The van der Waals surface area contributed by atoms with Gasteiger partial charge in [-0.25, -0.2) is 4.79 Å². The van der Waals surface area contributed by atoms with Gasteiger partial charge in [0.05, 0.1) is 12.3 Å². The predicted octanol–water partition coefficient (Wildman–Crippen LogP) is 3.02. The Balaban J connectivity index is 2.20. The number of rotatable bonds is 5. The standard InChI is InChI=1S/C16H17NO3/c1-2-19-16(18)13-9-6-10-14(17)15(13)20-11-12-7-4-3-5-8-12/h3-10H,2,11,17H2,1H3. The Morgan fingerprint density at radius 1 is 1.10 bits per heavy atom. The minimum atomic E-state index is -0.428. The number of hydrogen-bond donors (Lipinski definition) is 1. The molecule has 2 aromatic rings. The molecule has 4 heteroatoms. The van der Waals surface area contributed by atoms with E-state index in [0.29, 0.717) is 30.2 Å². The topological polar surface area (TPSA) is 61.5 Å². The van der Waals surface area contributed by atoms with Gasteiger partial charge >= 0.3 is 5.97 Å². The van der Waals surface area contributed by atoms with Crippen LogP contribution in [0.25, 0.3) is 0 Å². The second-order valence-corrected chi connectivity index (χ2v) is 4.22. The molecule has 0 spiro atoms. The molecule has 2 N–H and O–H groups in total. The third kappa shape index (κ3) is 3.29. The van der Waals surface area contributed by atoms with E-state index < -0.39 is 5.97 Å². The molecular weight excluding hydrogens is 254 g/mol. The van der Waals surface area contributed by atoms with Gasteiger partial charge in [-0.05, 0) is 24.6 Å². The summed E-state index contributed by atoms with van der Waals surface area (Å²) in [7, 11) is 0. The van der Waals surface area contributed by atoms with Crippen molar-refractivity contribution in [3.8, 4) is 5.75 Å². The van der Waals surface area contributed by atoms with Crippen LogP contribution in [-0.4, -0.2) is 12.6 Å². The minimum absolute atomic E-state index is 0.311. The fraction of sp³-hybridized carbons (Fsp3) is 0.188. The summed E-state index contributed by atoms with van der Waals surface area (Å²) in [4.78, 5) is 11.9.